The molecule has 0 aliphatic rings. The molecule has 0 fully saturated rings. The average molecular weight is 306 g/mol. The fourth-order valence-electron chi connectivity index (χ4n) is 1.92. The zero-order valence-electron chi connectivity index (χ0n) is 10.6. The lowest BCUT2D eigenvalue weighted by Crippen LogP contribution is -1.87. The highest BCUT2D eigenvalue weighted by molar-refractivity contribution is 7.22. The van der Waals surface area contributed by atoms with Crippen LogP contribution in [0, 0.1) is 0 Å². The summed E-state index contributed by atoms with van der Waals surface area (Å²) < 4.78 is 5.54. The van der Waals surface area contributed by atoms with Crippen molar-refractivity contribution in [2.24, 2.45) is 0 Å². The normalized spacial score (nSPS) is 11.0. The van der Waals surface area contributed by atoms with E-state index in [-0.39, 0.29) is 0 Å². The summed E-state index contributed by atoms with van der Waals surface area (Å²) in [6.07, 6.45) is 0. The summed E-state index contributed by atoms with van der Waals surface area (Å²) in [5, 5.41) is 4.27. The van der Waals surface area contributed by atoms with Crippen LogP contribution < -0.4 is 0 Å². The molecule has 0 radical (unpaired) electrons. The van der Waals surface area contributed by atoms with E-state index in [9.17, 15) is 0 Å². The molecule has 3 aromatic heterocycles. The minimum Gasteiger partial charge on any atom is -0.376 e. The van der Waals surface area contributed by atoms with Crippen molar-refractivity contribution in [2.45, 2.75) is 13.5 Å². The summed E-state index contributed by atoms with van der Waals surface area (Å²) >= 11 is 5.44. The first-order valence-corrected chi connectivity index (χ1v) is 8.74. The second-order valence-corrected chi connectivity index (χ2v) is 7.08. The molecule has 0 saturated heterocycles. The standard InChI is InChI=1S/C15H14OS3/c1-2-16-10-11-9-12(13-5-3-7-17-13)15(19-11)14-6-4-8-18-14/h3-9H,2,10H2,1H3. The molecule has 0 aliphatic heterocycles. The maximum atomic E-state index is 5.54. The molecule has 0 atom stereocenters. The predicted molar refractivity (Wildman–Crippen MR) is 86.3 cm³/mol. The third-order valence-corrected chi connectivity index (χ3v) is 5.82. The van der Waals surface area contributed by atoms with Gasteiger partial charge in [-0.15, -0.1) is 34.0 Å². The Labute approximate surface area is 125 Å². The Balaban J connectivity index is 2.03. The van der Waals surface area contributed by atoms with Crippen LogP contribution in [0.2, 0.25) is 0 Å². The van der Waals surface area contributed by atoms with Gasteiger partial charge in [-0.05, 0) is 35.9 Å². The molecule has 0 amide bonds. The van der Waals surface area contributed by atoms with Crippen LogP contribution in [0.4, 0.5) is 0 Å². The van der Waals surface area contributed by atoms with Crippen molar-refractivity contribution < 1.29 is 4.74 Å². The third kappa shape index (κ3) is 2.82. The second kappa shape index (κ2) is 6.01. The first-order chi connectivity index (χ1) is 9.38. The Morgan fingerprint density at radius 3 is 2.42 bits per heavy atom. The van der Waals surface area contributed by atoms with E-state index < -0.39 is 0 Å². The van der Waals surface area contributed by atoms with Crippen LogP contribution >= 0.6 is 34.0 Å². The maximum Gasteiger partial charge on any atom is 0.0809 e. The van der Waals surface area contributed by atoms with Crippen LogP contribution in [0.15, 0.2) is 41.1 Å². The minimum absolute atomic E-state index is 0.713. The van der Waals surface area contributed by atoms with Crippen molar-refractivity contribution in [1.82, 2.24) is 0 Å². The van der Waals surface area contributed by atoms with Gasteiger partial charge in [-0.3, -0.25) is 0 Å². The lowest BCUT2D eigenvalue weighted by atomic mass is 10.2. The largest absolute Gasteiger partial charge is 0.376 e. The topological polar surface area (TPSA) is 9.23 Å². The van der Waals surface area contributed by atoms with E-state index in [0.29, 0.717) is 6.61 Å². The molecular weight excluding hydrogens is 292 g/mol. The zero-order chi connectivity index (χ0) is 13.1. The first kappa shape index (κ1) is 13.1. The van der Waals surface area contributed by atoms with E-state index in [1.807, 2.05) is 18.3 Å². The third-order valence-electron chi connectivity index (χ3n) is 2.76. The van der Waals surface area contributed by atoms with Crippen molar-refractivity contribution in [3.63, 3.8) is 0 Å². The number of ether oxygens (including phenoxy) is 1. The van der Waals surface area contributed by atoms with Gasteiger partial charge >= 0.3 is 0 Å². The van der Waals surface area contributed by atoms with Crippen LogP contribution in [0.3, 0.4) is 0 Å². The second-order valence-electron chi connectivity index (χ2n) is 4.05. The van der Waals surface area contributed by atoms with Crippen LogP contribution in [0.25, 0.3) is 20.2 Å². The van der Waals surface area contributed by atoms with Crippen molar-refractivity contribution >= 4 is 34.0 Å². The molecule has 1 nitrogen and oxygen atoms in total. The molecule has 98 valence electrons. The van der Waals surface area contributed by atoms with Gasteiger partial charge in [0.2, 0.25) is 0 Å². The fraction of sp³-hybridized carbons (Fsp3) is 0.200. The average Bonchev–Trinajstić information content (AvgIpc) is 3.14. The molecule has 3 rings (SSSR count). The fourth-order valence-corrected chi connectivity index (χ4v) is 4.71. The van der Waals surface area contributed by atoms with Crippen molar-refractivity contribution in [1.29, 1.82) is 0 Å². The molecular formula is C15H14OS3. The van der Waals surface area contributed by atoms with Gasteiger partial charge in [0.15, 0.2) is 0 Å². The van der Waals surface area contributed by atoms with E-state index in [1.54, 1.807) is 22.7 Å². The van der Waals surface area contributed by atoms with Gasteiger partial charge in [0, 0.05) is 26.8 Å². The van der Waals surface area contributed by atoms with Gasteiger partial charge in [0.1, 0.15) is 0 Å². The molecule has 3 aromatic rings. The Morgan fingerprint density at radius 1 is 1.05 bits per heavy atom. The molecule has 3 heterocycles. The summed E-state index contributed by atoms with van der Waals surface area (Å²) in [4.78, 5) is 5.35. The molecule has 0 saturated carbocycles. The predicted octanol–water partition coefficient (Wildman–Crippen LogP) is 5.74. The summed E-state index contributed by atoms with van der Waals surface area (Å²) in [6.45, 7) is 3.51. The molecule has 0 bridgehead atoms. The number of rotatable bonds is 5. The van der Waals surface area contributed by atoms with Gasteiger partial charge in [-0.25, -0.2) is 0 Å². The lowest BCUT2D eigenvalue weighted by molar-refractivity contribution is 0.136. The van der Waals surface area contributed by atoms with Crippen LogP contribution in [-0.4, -0.2) is 6.61 Å². The summed E-state index contributed by atoms with van der Waals surface area (Å²) in [5.41, 5.74) is 1.34. The van der Waals surface area contributed by atoms with Crippen molar-refractivity contribution in [2.75, 3.05) is 6.61 Å². The highest BCUT2D eigenvalue weighted by atomic mass is 32.1. The van der Waals surface area contributed by atoms with Gasteiger partial charge in [-0.2, -0.15) is 0 Å². The quantitative estimate of drug-likeness (QED) is 0.584. The number of thiophene rings is 3. The Kier molecular flexibility index (Phi) is 4.13. The maximum absolute atomic E-state index is 5.54. The molecule has 4 heteroatoms. The molecule has 0 aliphatic carbocycles. The van der Waals surface area contributed by atoms with Gasteiger partial charge < -0.3 is 4.74 Å². The van der Waals surface area contributed by atoms with Crippen molar-refractivity contribution in [3.05, 3.63) is 46.0 Å². The van der Waals surface area contributed by atoms with Crippen molar-refractivity contribution in [3.8, 4) is 20.2 Å². The Morgan fingerprint density at radius 2 is 1.79 bits per heavy atom. The van der Waals surface area contributed by atoms with E-state index in [1.165, 1.54) is 25.1 Å². The van der Waals surface area contributed by atoms with E-state index >= 15 is 0 Å². The smallest absolute Gasteiger partial charge is 0.0809 e. The zero-order valence-corrected chi connectivity index (χ0v) is 13.0. The molecule has 0 aromatic carbocycles. The SMILES string of the molecule is CCOCc1cc(-c2cccs2)c(-c2cccs2)s1. The van der Waals surface area contributed by atoms with Gasteiger partial charge in [-0.1, -0.05) is 12.1 Å². The van der Waals surface area contributed by atoms with Crippen LogP contribution in [-0.2, 0) is 11.3 Å². The van der Waals surface area contributed by atoms with Crippen LogP contribution in [0.1, 0.15) is 11.8 Å². The Hall–Kier alpha value is -0.940. The summed E-state index contributed by atoms with van der Waals surface area (Å²) in [7, 11) is 0. The lowest BCUT2D eigenvalue weighted by Gasteiger charge is -1.97. The summed E-state index contributed by atoms with van der Waals surface area (Å²) in [6, 6.07) is 10.9. The molecule has 19 heavy (non-hydrogen) atoms. The molecule has 0 spiro atoms. The molecule has 0 unspecified atom stereocenters. The Bertz CT molecular complexity index is 569. The van der Waals surface area contributed by atoms with Gasteiger partial charge in [0.05, 0.1) is 11.5 Å². The number of hydrogen-bond acceptors (Lipinski definition) is 4. The van der Waals surface area contributed by atoms with Crippen LogP contribution in [0.5, 0.6) is 0 Å². The number of hydrogen-bond donors (Lipinski definition) is 0. The monoisotopic (exact) mass is 306 g/mol. The molecule has 0 N–H and O–H groups in total. The van der Waals surface area contributed by atoms with E-state index in [0.717, 1.165) is 6.61 Å². The van der Waals surface area contributed by atoms with Gasteiger partial charge in [0.25, 0.3) is 0 Å². The minimum atomic E-state index is 0.713. The highest BCUT2D eigenvalue weighted by Gasteiger charge is 2.14. The first-order valence-electron chi connectivity index (χ1n) is 6.16. The van der Waals surface area contributed by atoms with E-state index in [2.05, 4.69) is 41.1 Å². The summed E-state index contributed by atoms with van der Waals surface area (Å²) in [5.74, 6) is 0. The highest BCUT2D eigenvalue weighted by Crippen LogP contribution is 2.42. The van der Waals surface area contributed by atoms with E-state index in [4.69, 9.17) is 4.74 Å².